The normalized spacial score (nSPS) is 11.8. The van der Waals surface area contributed by atoms with Crippen molar-refractivity contribution in [1.29, 1.82) is 0 Å². The Morgan fingerprint density at radius 1 is 1.20 bits per heavy atom. The quantitative estimate of drug-likeness (QED) is 0.764. The summed E-state index contributed by atoms with van der Waals surface area (Å²) in [5.41, 5.74) is 6.84. The van der Waals surface area contributed by atoms with Gasteiger partial charge in [-0.15, -0.1) is 0 Å². The molecule has 0 aliphatic heterocycles. The van der Waals surface area contributed by atoms with Crippen LogP contribution in [0, 0.1) is 0 Å². The topological polar surface area (TPSA) is 75.4 Å². The minimum atomic E-state index is -0.637. The number of nitrogens with one attached hydrogen (secondary N) is 1. The van der Waals surface area contributed by atoms with Gasteiger partial charge in [-0.25, -0.2) is 0 Å². The van der Waals surface area contributed by atoms with Gasteiger partial charge in [0.2, 0.25) is 11.8 Å². The molecule has 1 rings (SSSR count). The Hall–Kier alpha value is -1.88. The maximum Gasteiger partial charge on any atom is 0.241 e. The standard InChI is InChI=1S/C15H23N3O2/c1-3-18(4-2)14(19)11-17-15(20)13(16)10-12-8-6-5-7-9-12/h5-9,13H,3-4,10-11,16H2,1-2H3,(H,17,20). The van der Waals surface area contributed by atoms with Crippen molar-refractivity contribution < 1.29 is 9.59 Å². The highest BCUT2D eigenvalue weighted by atomic mass is 16.2. The van der Waals surface area contributed by atoms with Crippen LogP contribution >= 0.6 is 0 Å². The molecule has 0 radical (unpaired) electrons. The molecule has 1 aromatic carbocycles. The molecule has 1 atom stereocenters. The Bertz CT molecular complexity index is 430. The van der Waals surface area contributed by atoms with E-state index in [0.717, 1.165) is 5.56 Å². The van der Waals surface area contributed by atoms with Gasteiger partial charge in [0.05, 0.1) is 12.6 Å². The van der Waals surface area contributed by atoms with Gasteiger partial charge in [0.1, 0.15) is 0 Å². The van der Waals surface area contributed by atoms with E-state index >= 15 is 0 Å². The molecule has 0 bridgehead atoms. The molecule has 3 N–H and O–H groups in total. The first-order chi connectivity index (χ1) is 9.58. The highest BCUT2D eigenvalue weighted by Gasteiger charge is 2.16. The second-order valence-electron chi connectivity index (χ2n) is 4.58. The molecule has 0 aromatic heterocycles. The van der Waals surface area contributed by atoms with Crippen molar-refractivity contribution in [2.45, 2.75) is 26.3 Å². The van der Waals surface area contributed by atoms with E-state index in [9.17, 15) is 9.59 Å². The number of nitrogens with two attached hydrogens (primary N) is 1. The summed E-state index contributed by atoms with van der Waals surface area (Å²) in [5.74, 6) is -0.385. The lowest BCUT2D eigenvalue weighted by molar-refractivity contribution is -0.132. The number of hydrogen-bond donors (Lipinski definition) is 2. The lowest BCUT2D eigenvalue weighted by Crippen LogP contribution is -2.46. The molecule has 5 heteroatoms. The summed E-state index contributed by atoms with van der Waals surface area (Å²) in [7, 11) is 0. The van der Waals surface area contributed by atoms with Crippen molar-refractivity contribution in [3.8, 4) is 0 Å². The monoisotopic (exact) mass is 277 g/mol. The van der Waals surface area contributed by atoms with Gasteiger partial charge in [0.25, 0.3) is 0 Å². The number of carbonyl (C=O) groups excluding carboxylic acids is 2. The van der Waals surface area contributed by atoms with E-state index in [-0.39, 0.29) is 18.4 Å². The third-order valence-corrected chi connectivity index (χ3v) is 3.17. The molecule has 5 nitrogen and oxygen atoms in total. The minimum Gasteiger partial charge on any atom is -0.346 e. The maximum absolute atomic E-state index is 11.8. The average Bonchev–Trinajstić information content (AvgIpc) is 2.47. The van der Waals surface area contributed by atoms with Crippen molar-refractivity contribution >= 4 is 11.8 Å². The zero-order valence-electron chi connectivity index (χ0n) is 12.1. The number of hydrogen-bond acceptors (Lipinski definition) is 3. The number of nitrogens with zero attached hydrogens (tertiary/aromatic N) is 1. The highest BCUT2D eigenvalue weighted by molar-refractivity contribution is 5.87. The average molecular weight is 277 g/mol. The SMILES string of the molecule is CCN(CC)C(=O)CNC(=O)C(N)Cc1ccccc1. The summed E-state index contributed by atoms with van der Waals surface area (Å²) in [6.45, 7) is 5.10. The maximum atomic E-state index is 11.8. The van der Waals surface area contributed by atoms with E-state index in [4.69, 9.17) is 5.73 Å². The van der Waals surface area contributed by atoms with Crippen LogP contribution in [0.3, 0.4) is 0 Å². The molecule has 1 unspecified atom stereocenters. The second-order valence-corrected chi connectivity index (χ2v) is 4.58. The van der Waals surface area contributed by atoms with Crippen LogP contribution in [0.4, 0.5) is 0 Å². The summed E-state index contributed by atoms with van der Waals surface area (Å²) >= 11 is 0. The fourth-order valence-electron chi connectivity index (χ4n) is 1.94. The van der Waals surface area contributed by atoms with Gasteiger partial charge >= 0.3 is 0 Å². The van der Waals surface area contributed by atoms with Crippen LogP contribution in [0.15, 0.2) is 30.3 Å². The van der Waals surface area contributed by atoms with Crippen LogP contribution in [0.2, 0.25) is 0 Å². The van der Waals surface area contributed by atoms with Gasteiger partial charge in [-0.1, -0.05) is 30.3 Å². The summed E-state index contributed by atoms with van der Waals surface area (Å²) in [6, 6.07) is 8.94. The second kappa shape index (κ2) is 8.32. The first kappa shape index (κ1) is 16.2. The molecule has 0 aliphatic carbocycles. The van der Waals surface area contributed by atoms with Crippen molar-refractivity contribution in [3.63, 3.8) is 0 Å². The Kier molecular flexibility index (Phi) is 6.73. The number of rotatable bonds is 7. The van der Waals surface area contributed by atoms with Crippen LogP contribution in [0.25, 0.3) is 0 Å². The first-order valence-electron chi connectivity index (χ1n) is 6.93. The third-order valence-electron chi connectivity index (χ3n) is 3.17. The first-order valence-corrected chi connectivity index (χ1v) is 6.93. The molecule has 0 fully saturated rings. The number of carbonyl (C=O) groups is 2. The van der Waals surface area contributed by atoms with Crippen molar-refractivity contribution in [3.05, 3.63) is 35.9 Å². The van der Waals surface area contributed by atoms with E-state index in [1.807, 2.05) is 44.2 Å². The minimum absolute atomic E-state index is 0.00298. The summed E-state index contributed by atoms with van der Waals surface area (Å²) in [4.78, 5) is 25.3. The van der Waals surface area contributed by atoms with Gasteiger partial charge in [-0.3, -0.25) is 9.59 Å². The molecule has 0 aliphatic rings. The predicted octanol–water partition coefficient (Wildman–Crippen LogP) is 0.541. The van der Waals surface area contributed by atoms with Crippen LogP contribution in [-0.4, -0.2) is 42.4 Å². The van der Waals surface area contributed by atoms with E-state index in [1.54, 1.807) is 4.90 Å². The highest BCUT2D eigenvalue weighted by Crippen LogP contribution is 2.01. The Balaban J connectivity index is 2.41. The Labute approximate surface area is 120 Å². The molecular formula is C15H23N3O2. The van der Waals surface area contributed by atoms with Crippen molar-refractivity contribution in [2.24, 2.45) is 5.73 Å². The van der Waals surface area contributed by atoms with Crippen LogP contribution in [-0.2, 0) is 16.0 Å². The van der Waals surface area contributed by atoms with E-state index in [2.05, 4.69) is 5.32 Å². The lowest BCUT2D eigenvalue weighted by atomic mass is 10.1. The van der Waals surface area contributed by atoms with Crippen molar-refractivity contribution in [2.75, 3.05) is 19.6 Å². The molecule has 0 saturated heterocycles. The number of likely N-dealkylation sites (N-methyl/N-ethyl adjacent to an activating group) is 1. The number of amides is 2. The molecule has 0 heterocycles. The zero-order valence-corrected chi connectivity index (χ0v) is 12.1. The van der Waals surface area contributed by atoms with Crippen LogP contribution < -0.4 is 11.1 Å². The Morgan fingerprint density at radius 2 is 1.80 bits per heavy atom. The lowest BCUT2D eigenvalue weighted by Gasteiger charge is -2.19. The molecule has 110 valence electrons. The van der Waals surface area contributed by atoms with Crippen LogP contribution in [0.5, 0.6) is 0 Å². The largest absolute Gasteiger partial charge is 0.346 e. The van der Waals surface area contributed by atoms with E-state index < -0.39 is 6.04 Å². The van der Waals surface area contributed by atoms with Gasteiger partial charge in [-0.2, -0.15) is 0 Å². The summed E-state index contributed by atoms with van der Waals surface area (Å²) < 4.78 is 0. The molecule has 0 spiro atoms. The van der Waals surface area contributed by atoms with Gasteiger partial charge < -0.3 is 16.0 Å². The van der Waals surface area contributed by atoms with Crippen molar-refractivity contribution in [1.82, 2.24) is 10.2 Å². The molecule has 0 saturated carbocycles. The molecule has 2 amide bonds. The Morgan fingerprint density at radius 3 is 2.35 bits per heavy atom. The fourth-order valence-corrected chi connectivity index (χ4v) is 1.94. The smallest absolute Gasteiger partial charge is 0.241 e. The van der Waals surface area contributed by atoms with Gasteiger partial charge in [0, 0.05) is 13.1 Å². The predicted molar refractivity (Wildman–Crippen MR) is 79.1 cm³/mol. The van der Waals surface area contributed by atoms with E-state index in [1.165, 1.54) is 0 Å². The van der Waals surface area contributed by atoms with E-state index in [0.29, 0.717) is 19.5 Å². The van der Waals surface area contributed by atoms with Gasteiger partial charge in [-0.05, 0) is 25.8 Å². The summed E-state index contributed by atoms with van der Waals surface area (Å²) in [5, 5.41) is 2.60. The molecular weight excluding hydrogens is 254 g/mol. The molecule has 20 heavy (non-hydrogen) atoms. The summed E-state index contributed by atoms with van der Waals surface area (Å²) in [6.07, 6.45) is 0.464. The zero-order chi connectivity index (χ0) is 15.0. The van der Waals surface area contributed by atoms with Crippen LogP contribution in [0.1, 0.15) is 19.4 Å². The molecule has 1 aromatic rings. The third kappa shape index (κ3) is 5.01. The number of benzene rings is 1. The van der Waals surface area contributed by atoms with Gasteiger partial charge in [0.15, 0.2) is 0 Å². The fraction of sp³-hybridized carbons (Fsp3) is 0.467.